The van der Waals surface area contributed by atoms with E-state index in [1.54, 1.807) is 18.2 Å². The molecule has 0 heterocycles. The molecule has 9 heteroatoms. The Kier molecular flexibility index (Phi) is 6.47. The van der Waals surface area contributed by atoms with E-state index in [0.29, 0.717) is 17.1 Å². The van der Waals surface area contributed by atoms with E-state index in [0.717, 1.165) is 12.1 Å². The number of nitrogens with zero attached hydrogens (tertiary/aromatic N) is 1. The van der Waals surface area contributed by atoms with Gasteiger partial charge < -0.3 is 9.47 Å². The van der Waals surface area contributed by atoms with Crippen molar-refractivity contribution in [3.05, 3.63) is 50.7 Å². The summed E-state index contributed by atoms with van der Waals surface area (Å²) in [7, 11) is 0.612. The number of sulfonamides is 1. The van der Waals surface area contributed by atoms with E-state index in [-0.39, 0.29) is 20.4 Å². The second-order valence-corrected chi connectivity index (χ2v) is 8.83. The number of hydrogen-bond acceptors (Lipinski definition) is 4. The van der Waals surface area contributed by atoms with Gasteiger partial charge in [0.1, 0.15) is 22.2 Å². The molecule has 0 amide bonds. The highest BCUT2D eigenvalue weighted by Gasteiger charge is 2.27. The standard InChI is InChI=1S/C16H16Br2FNO4S/c1-20(9-10-4-5-12(23-2)8-15(10)24-3)25(21,22)16-13(17)6-11(19)7-14(16)18/h4-8H,9H2,1-3H3. The fourth-order valence-electron chi connectivity index (χ4n) is 2.24. The molecule has 25 heavy (non-hydrogen) atoms. The Labute approximate surface area is 163 Å². The maximum Gasteiger partial charge on any atom is 0.245 e. The van der Waals surface area contributed by atoms with Crippen molar-refractivity contribution in [2.45, 2.75) is 11.4 Å². The highest BCUT2D eigenvalue weighted by Crippen LogP contribution is 2.34. The molecule has 0 fully saturated rings. The summed E-state index contributed by atoms with van der Waals surface area (Å²) in [5.74, 6) is 0.575. The van der Waals surface area contributed by atoms with Gasteiger partial charge in [-0.3, -0.25) is 0 Å². The topological polar surface area (TPSA) is 55.8 Å². The van der Waals surface area contributed by atoms with Crippen LogP contribution in [0.1, 0.15) is 5.56 Å². The first-order chi connectivity index (χ1) is 11.7. The van der Waals surface area contributed by atoms with Crippen LogP contribution < -0.4 is 9.47 Å². The van der Waals surface area contributed by atoms with Gasteiger partial charge >= 0.3 is 0 Å². The Morgan fingerprint density at radius 3 is 2.20 bits per heavy atom. The van der Waals surface area contributed by atoms with Crippen LogP contribution in [-0.2, 0) is 16.6 Å². The molecular formula is C16H16Br2FNO4S. The summed E-state index contributed by atoms with van der Waals surface area (Å²) in [4.78, 5) is -0.0381. The highest BCUT2D eigenvalue weighted by molar-refractivity contribution is 9.11. The van der Waals surface area contributed by atoms with Crippen LogP contribution in [0.25, 0.3) is 0 Å². The van der Waals surface area contributed by atoms with Crippen LogP contribution in [0, 0.1) is 5.82 Å². The van der Waals surface area contributed by atoms with Gasteiger partial charge in [0.15, 0.2) is 0 Å². The second-order valence-electron chi connectivity index (χ2n) is 5.14. The van der Waals surface area contributed by atoms with Gasteiger partial charge in [-0.2, -0.15) is 4.31 Å². The molecular weight excluding hydrogens is 481 g/mol. The van der Waals surface area contributed by atoms with Gasteiger partial charge in [0, 0.05) is 34.2 Å². The number of rotatable bonds is 6. The van der Waals surface area contributed by atoms with Crippen LogP contribution >= 0.6 is 31.9 Å². The normalized spacial score (nSPS) is 11.6. The number of benzene rings is 2. The molecule has 0 saturated heterocycles. The Hall–Kier alpha value is -1.16. The number of ether oxygens (including phenoxy) is 2. The Morgan fingerprint density at radius 1 is 1.08 bits per heavy atom. The van der Waals surface area contributed by atoms with E-state index in [2.05, 4.69) is 31.9 Å². The van der Waals surface area contributed by atoms with Crippen molar-refractivity contribution < 1.29 is 22.3 Å². The first kappa shape index (κ1) is 20.2. The van der Waals surface area contributed by atoms with Crippen molar-refractivity contribution >= 4 is 41.9 Å². The third-order valence-corrected chi connectivity index (χ3v) is 7.20. The third kappa shape index (κ3) is 4.33. The van der Waals surface area contributed by atoms with Gasteiger partial charge in [0.25, 0.3) is 0 Å². The fraction of sp³-hybridized carbons (Fsp3) is 0.250. The molecule has 2 rings (SSSR count). The SMILES string of the molecule is COc1ccc(CN(C)S(=O)(=O)c2c(Br)cc(F)cc2Br)c(OC)c1. The predicted octanol–water partition coefficient (Wildman–Crippen LogP) is 4.19. The Balaban J connectivity index is 2.39. The van der Waals surface area contributed by atoms with Crippen molar-refractivity contribution in [2.24, 2.45) is 0 Å². The minimum Gasteiger partial charge on any atom is -0.497 e. The molecule has 5 nitrogen and oxygen atoms in total. The van der Waals surface area contributed by atoms with Crippen LogP contribution in [0.5, 0.6) is 11.5 Å². The van der Waals surface area contributed by atoms with Crippen molar-refractivity contribution in [2.75, 3.05) is 21.3 Å². The van der Waals surface area contributed by atoms with E-state index in [9.17, 15) is 12.8 Å². The quantitative estimate of drug-likeness (QED) is 0.601. The van der Waals surface area contributed by atoms with Crippen LogP contribution in [0.2, 0.25) is 0 Å². The molecule has 0 aliphatic rings. The van der Waals surface area contributed by atoms with Crippen LogP contribution in [0.3, 0.4) is 0 Å². The molecule has 0 aromatic heterocycles. The zero-order chi connectivity index (χ0) is 18.8. The van der Waals surface area contributed by atoms with E-state index in [4.69, 9.17) is 9.47 Å². The minimum atomic E-state index is -3.87. The molecule has 136 valence electrons. The van der Waals surface area contributed by atoms with Gasteiger partial charge in [-0.1, -0.05) is 6.07 Å². The van der Waals surface area contributed by atoms with Crippen molar-refractivity contribution in [3.63, 3.8) is 0 Å². The Bertz CT molecular complexity index is 867. The molecule has 0 unspecified atom stereocenters. The van der Waals surface area contributed by atoms with E-state index < -0.39 is 15.8 Å². The van der Waals surface area contributed by atoms with Gasteiger partial charge in [0.2, 0.25) is 10.0 Å². The summed E-state index contributed by atoms with van der Waals surface area (Å²) in [6, 6.07) is 7.36. The minimum absolute atomic E-state index is 0.0381. The summed E-state index contributed by atoms with van der Waals surface area (Å²) in [5, 5.41) is 0. The highest BCUT2D eigenvalue weighted by atomic mass is 79.9. The average Bonchev–Trinajstić information content (AvgIpc) is 2.53. The first-order valence-electron chi connectivity index (χ1n) is 7.02. The molecule has 2 aromatic rings. The van der Waals surface area contributed by atoms with Gasteiger partial charge in [-0.05, 0) is 50.1 Å². The zero-order valence-corrected chi connectivity index (χ0v) is 17.7. The lowest BCUT2D eigenvalue weighted by atomic mass is 10.2. The molecule has 0 atom stereocenters. The predicted molar refractivity (Wildman–Crippen MR) is 100.0 cm³/mol. The lowest BCUT2D eigenvalue weighted by molar-refractivity contribution is 0.384. The largest absolute Gasteiger partial charge is 0.497 e. The molecule has 0 N–H and O–H groups in total. The van der Waals surface area contributed by atoms with E-state index >= 15 is 0 Å². The fourth-order valence-corrected chi connectivity index (χ4v) is 5.83. The number of methoxy groups -OCH3 is 2. The zero-order valence-electron chi connectivity index (χ0n) is 13.7. The van der Waals surface area contributed by atoms with Crippen LogP contribution in [0.4, 0.5) is 4.39 Å². The average molecular weight is 497 g/mol. The molecule has 0 aliphatic heterocycles. The van der Waals surface area contributed by atoms with E-state index in [1.165, 1.54) is 25.6 Å². The molecule has 0 bridgehead atoms. The summed E-state index contributed by atoms with van der Waals surface area (Å²) in [5.41, 5.74) is 0.670. The van der Waals surface area contributed by atoms with E-state index in [1.807, 2.05) is 0 Å². The summed E-state index contributed by atoms with van der Waals surface area (Å²) in [6.45, 7) is 0.0752. The molecule has 0 aliphatic carbocycles. The smallest absolute Gasteiger partial charge is 0.245 e. The lowest BCUT2D eigenvalue weighted by Gasteiger charge is -2.20. The van der Waals surface area contributed by atoms with Crippen molar-refractivity contribution in [1.29, 1.82) is 0 Å². The molecule has 0 saturated carbocycles. The maximum absolute atomic E-state index is 13.4. The van der Waals surface area contributed by atoms with Crippen LogP contribution in [-0.4, -0.2) is 34.0 Å². The maximum atomic E-state index is 13.4. The first-order valence-corrected chi connectivity index (χ1v) is 10.0. The lowest BCUT2D eigenvalue weighted by Crippen LogP contribution is -2.27. The molecule has 0 spiro atoms. The van der Waals surface area contributed by atoms with Gasteiger partial charge in [0.05, 0.1) is 14.2 Å². The summed E-state index contributed by atoms with van der Waals surface area (Å²) < 4.78 is 51.1. The molecule has 0 radical (unpaired) electrons. The van der Waals surface area contributed by atoms with Crippen molar-refractivity contribution in [1.82, 2.24) is 4.31 Å². The van der Waals surface area contributed by atoms with Gasteiger partial charge in [-0.15, -0.1) is 0 Å². The second kappa shape index (κ2) is 8.03. The summed E-state index contributed by atoms with van der Waals surface area (Å²) >= 11 is 6.23. The summed E-state index contributed by atoms with van der Waals surface area (Å²) in [6.07, 6.45) is 0. The third-order valence-electron chi connectivity index (χ3n) is 3.52. The number of halogens is 3. The molecule has 2 aromatic carbocycles. The monoisotopic (exact) mass is 495 g/mol. The number of hydrogen-bond donors (Lipinski definition) is 0. The Morgan fingerprint density at radius 2 is 1.68 bits per heavy atom. The van der Waals surface area contributed by atoms with Crippen LogP contribution in [0.15, 0.2) is 44.2 Å². The van der Waals surface area contributed by atoms with Gasteiger partial charge in [-0.25, -0.2) is 12.8 Å². The van der Waals surface area contributed by atoms with Crippen molar-refractivity contribution in [3.8, 4) is 11.5 Å².